The Labute approximate surface area is 158 Å². The Hall–Kier alpha value is -2.95. The van der Waals surface area contributed by atoms with Crippen molar-refractivity contribution in [2.24, 2.45) is 0 Å². The predicted molar refractivity (Wildman–Crippen MR) is 103 cm³/mol. The van der Waals surface area contributed by atoms with E-state index in [9.17, 15) is 4.79 Å². The van der Waals surface area contributed by atoms with Gasteiger partial charge in [0, 0.05) is 5.56 Å². The molecule has 0 aromatic heterocycles. The van der Waals surface area contributed by atoms with Gasteiger partial charge in [0.15, 0.2) is 29.3 Å². The number of benzene rings is 2. The Morgan fingerprint density at radius 3 is 2.52 bits per heavy atom. The Morgan fingerprint density at radius 2 is 1.81 bits per heavy atom. The highest BCUT2D eigenvalue weighted by molar-refractivity contribution is 5.93. The molecule has 0 saturated carbocycles. The first kappa shape index (κ1) is 17.5. The zero-order valence-electron chi connectivity index (χ0n) is 15.7. The van der Waals surface area contributed by atoms with Crippen LogP contribution < -0.4 is 18.9 Å². The van der Waals surface area contributed by atoms with Crippen LogP contribution in [-0.4, -0.2) is 26.3 Å². The zero-order valence-corrected chi connectivity index (χ0v) is 15.7. The Kier molecular flexibility index (Phi) is 4.52. The SMILES string of the molecule is COc1cc(C2=Cc3cc4c(cc3CC2)OCO4)c(C=O)cc1OC(C)C. The van der Waals surface area contributed by atoms with Crippen LogP contribution in [-0.2, 0) is 6.42 Å². The Bertz CT molecular complexity index is 927. The summed E-state index contributed by atoms with van der Waals surface area (Å²) in [7, 11) is 1.61. The number of hydrogen-bond donors (Lipinski definition) is 0. The van der Waals surface area contributed by atoms with Crippen LogP contribution in [0.25, 0.3) is 11.6 Å². The number of carbonyl (C=O) groups is 1. The van der Waals surface area contributed by atoms with E-state index >= 15 is 0 Å². The molecule has 4 rings (SSSR count). The summed E-state index contributed by atoms with van der Waals surface area (Å²) in [5.74, 6) is 2.77. The third kappa shape index (κ3) is 3.25. The molecule has 5 nitrogen and oxygen atoms in total. The van der Waals surface area contributed by atoms with Gasteiger partial charge in [0.2, 0.25) is 6.79 Å². The standard InChI is InChI=1S/C22H22O5/c1-13(2)27-22-9-17(11-23)18(10-19(22)24-3)15-5-4-14-7-20-21(26-12-25-20)8-16(14)6-15/h6-11,13H,4-5,12H2,1-3H3. The minimum atomic E-state index is -0.00524. The second kappa shape index (κ2) is 6.99. The lowest BCUT2D eigenvalue weighted by Gasteiger charge is -2.21. The van der Waals surface area contributed by atoms with E-state index in [1.54, 1.807) is 13.2 Å². The number of carbonyl (C=O) groups excluding carboxylic acids is 1. The second-order valence-electron chi connectivity index (χ2n) is 6.95. The molecule has 0 radical (unpaired) electrons. The van der Waals surface area contributed by atoms with Crippen LogP contribution in [0.15, 0.2) is 24.3 Å². The average molecular weight is 366 g/mol. The maximum absolute atomic E-state index is 11.7. The fraction of sp³-hybridized carbons (Fsp3) is 0.318. The first-order valence-corrected chi connectivity index (χ1v) is 9.06. The van der Waals surface area contributed by atoms with E-state index in [1.165, 1.54) is 5.56 Å². The fourth-order valence-corrected chi connectivity index (χ4v) is 3.55. The molecule has 0 amide bonds. The van der Waals surface area contributed by atoms with Gasteiger partial charge in [-0.05, 0) is 73.2 Å². The second-order valence-corrected chi connectivity index (χ2v) is 6.95. The molecule has 2 aromatic rings. The van der Waals surface area contributed by atoms with Crippen molar-refractivity contribution in [3.63, 3.8) is 0 Å². The van der Waals surface area contributed by atoms with Crippen molar-refractivity contribution >= 4 is 17.9 Å². The molecule has 0 atom stereocenters. The van der Waals surface area contributed by atoms with Crippen molar-refractivity contribution in [3.05, 3.63) is 46.5 Å². The number of hydrogen-bond acceptors (Lipinski definition) is 5. The molecular formula is C22H22O5. The fourth-order valence-electron chi connectivity index (χ4n) is 3.55. The normalized spacial score (nSPS) is 14.6. The van der Waals surface area contributed by atoms with E-state index in [0.29, 0.717) is 17.1 Å². The van der Waals surface area contributed by atoms with Crippen molar-refractivity contribution in [2.45, 2.75) is 32.8 Å². The van der Waals surface area contributed by atoms with Gasteiger partial charge in [-0.2, -0.15) is 0 Å². The first-order chi connectivity index (χ1) is 13.1. The van der Waals surface area contributed by atoms with E-state index in [2.05, 4.69) is 6.08 Å². The lowest BCUT2D eigenvalue weighted by atomic mass is 9.86. The van der Waals surface area contributed by atoms with Gasteiger partial charge >= 0.3 is 0 Å². The quantitative estimate of drug-likeness (QED) is 0.729. The third-order valence-corrected chi connectivity index (χ3v) is 4.80. The summed E-state index contributed by atoms with van der Waals surface area (Å²) < 4.78 is 22.3. The average Bonchev–Trinajstić information content (AvgIpc) is 3.12. The van der Waals surface area contributed by atoms with Crippen LogP contribution in [0.1, 0.15) is 47.3 Å². The number of allylic oxidation sites excluding steroid dienone is 1. The number of fused-ring (bicyclic) bond motifs is 2. The smallest absolute Gasteiger partial charge is 0.231 e. The molecule has 2 aliphatic rings. The molecule has 1 aliphatic heterocycles. The van der Waals surface area contributed by atoms with Crippen molar-refractivity contribution in [1.82, 2.24) is 0 Å². The maximum atomic E-state index is 11.7. The summed E-state index contributed by atoms with van der Waals surface area (Å²) >= 11 is 0. The van der Waals surface area contributed by atoms with Gasteiger partial charge in [0.1, 0.15) is 0 Å². The summed E-state index contributed by atoms with van der Waals surface area (Å²) in [5.41, 5.74) is 4.89. The Morgan fingerprint density at radius 1 is 1.04 bits per heavy atom. The van der Waals surface area contributed by atoms with Crippen LogP contribution >= 0.6 is 0 Å². The number of aldehydes is 1. The van der Waals surface area contributed by atoms with Crippen LogP contribution in [0.2, 0.25) is 0 Å². The zero-order chi connectivity index (χ0) is 19.0. The highest BCUT2D eigenvalue weighted by Gasteiger charge is 2.22. The van der Waals surface area contributed by atoms with Gasteiger partial charge in [-0.15, -0.1) is 0 Å². The molecule has 0 bridgehead atoms. The molecule has 5 heteroatoms. The molecule has 0 fully saturated rings. The minimum Gasteiger partial charge on any atom is -0.493 e. The van der Waals surface area contributed by atoms with E-state index < -0.39 is 0 Å². The first-order valence-electron chi connectivity index (χ1n) is 9.06. The van der Waals surface area contributed by atoms with Crippen LogP contribution in [0.5, 0.6) is 23.0 Å². The van der Waals surface area contributed by atoms with Crippen LogP contribution in [0.4, 0.5) is 0 Å². The van der Waals surface area contributed by atoms with Gasteiger partial charge < -0.3 is 18.9 Å². The molecule has 0 N–H and O–H groups in total. The summed E-state index contributed by atoms with van der Waals surface area (Å²) in [5, 5.41) is 0. The van der Waals surface area contributed by atoms with Crippen LogP contribution in [0, 0.1) is 0 Å². The highest BCUT2D eigenvalue weighted by atomic mass is 16.7. The van der Waals surface area contributed by atoms with Crippen molar-refractivity contribution in [2.75, 3.05) is 13.9 Å². The molecule has 140 valence electrons. The minimum absolute atomic E-state index is 0.00524. The largest absolute Gasteiger partial charge is 0.493 e. The van der Waals surface area contributed by atoms with Gasteiger partial charge in [0.25, 0.3) is 0 Å². The maximum Gasteiger partial charge on any atom is 0.231 e. The van der Waals surface area contributed by atoms with Gasteiger partial charge in [0.05, 0.1) is 13.2 Å². The van der Waals surface area contributed by atoms with Crippen molar-refractivity contribution < 1.29 is 23.7 Å². The van der Waals surface area contributed by atoms with Crippen molar-refractivity contribution in [1.29, 1.82) is 0 Å². The lowest BCUT2D eigenvalue weighted by Crippen LogP contribution is -2.08. The topological polar surface area (TPSA) is 54.0 Å². The van der Waals surface area contributed by atoms with Crippen LogP contribution in [0.3, 0.4) is 0 Å². The van der Waals surface area contributed by atoms with Gasteiger partial charge in [-0.25, -0.2) is 0 Å². The number of aryl methyl sites for hydroxylation is 1. The molecule has 0 saturated heterocycles. The summed E-state index contributed by atoms with van der Waals surface area (Å²) in [6, 6.07) is 7.71. The van der Waals surface area contributed by atoms with E-state index in [0.717, 1.165) is 47.3 Å². The highest BCUT2D eigenvalue weighted by Crippen LogP contribution is 2.41. The molecule has 0 unspecified atom stereocenters. The number of rotatable bonds is 5. The van der Waals surface area contributed by atoms with E-state index in [-0.39, 0.29) is 12.9 Å². The number of ether oxygens (including phenoxy) is 4. The molecule has 27 heavy (non-hydrogen) atoms. The molecule has 0 spiro atoms. The van der Waals surface area contributed by atoms with E-state index in [4.69, 9.17) is 18.9 Å². The third-order valence-electron chi connectivity index (χ3n) is 4.80. The van der Waals surface area contributed by atoms with E-state index in [1.807, 2.05) is 32.0 Å². The molecular weight excluding hydrogens is 344 g/mol. The molecule has 1 aliphatic carbocycles. The Balaban J connectivity index is 1.77. The van der Waals surface area contributed by atoms with Crippen molar-refractivity contribution in [3.8, 4) is 23.0 Å². The summed E-state index contributed by atoms with van der Waals surface area (Å²) in [6.07, 6.45) is 4.70. The predicted octanol–water partition coefficient (Wildman–Crippen LogP) is 4.51. The van der Waals surface area contributed by atoms with Gasteiger partial charge in [-0.3, -0.25) is 4.79 Å². The molecule has 2 aromatic carbocycles. The monoisotopic (exact) mass is 366 g/mol. The summed E-state index contributed by atoms with van der Waals surface area (Å²) in [4.78, 5) is 11.7. The lowest BCUT2D eigenvalue weighted by molar-refractivity contribution is 0.112. The van der Waals surface area contributed by atoms with Gasteiger partial charge in [-0.1, -0.05) is 6.08 Å². The molecule has 1 heterocycles. The number of methoxy groups -OCH3 is 1. The summed E-state index contributed by atoms with van der Waals surface area (Å²) in [6.45, 7) is 4.15.